The number of halogens is 1. The molecule has 1 fully saturated rings. The van der Waals surface area contributed by atoms with Crippen LogP contribution in [0.15, 0.2) is 52.3 Å². The van der Waals surface area contributed by atoms with Gasteiger partial charge in [0.1, 0.15) is 11.9 Å². The van der Waals surface area contributed by atoms with Gasteiger partial charge in [-0.3, -0.25) is 9.36 Å². The maximum Gasteiger partial charge on any atom is 0.258 e. The summed E-state index contributed by atoms with van der Waals surface area (Å²) < 4.78 is 30.4. The Morgan fingerprint density at radius 2 is 1.88 bits per heavy atom. The molecule has 0 radical (unpaired) electrons. The molecule has 8 heteroatoms. The molecule has 1 aromatic carbocycles. The van der Waals surface area contributed by atoms with Crippen molar-refractivity contribution in [2.75, 3.05) is 12.8 Å². The van der Waals surface area contributed by atoms with Gasteiger partial charge in [-0.1, -0.05) is 0 Å². The predicted molar refractivity (Wildman–Crippen MR) is 104 cm³/mol. The number of sulfone groups is 1. The minimum absolute atomic E-state index is 0. The Morgan fingerprint density at radius 1 is 1.19 bits per heavy atom. The van der Waals surface area contributed by atoms with Crippen LogP contribution >= 0.6 is 12.4 Å². The third-order valence-electron chi connectivity index (χ3n) is 4.31. The Kier molecular flexibility index (Phi) is 6.49. The summed E-state index contributed by atoms with van der Waals surface area (Å²) in [7, 11) is -3.25. The first-order chi connectivity index (χ1) is 11.8. The lowest BCUT2D eigenvalue weighted by molar-refractivity contribution is 0.143. The summed E-state index contributed by atoms with van der Waals surface area (Å²) in [6.45, 7) is 3.03. The van der Waals surface area contributed by atoms with Gasteiger partial charge in [0, 0.05) is 30.2 Å². The van der Waals surface area contributed by atoms with E-state index in [0.717, 1.165) is 25.6 Å². The highest BCUT2D eigenvalue weighted by Crippen LogP contribution is 2.18. The summed E-state index contributed by atoms with van der Waals surface area (Å²) in [6, 6.07) is 9.87. The fourth-order valence-corrected chi connectivity index (χ4v) is 3.62. The molecule has 2 atom stereocenters. The van der Waals surface area contributed by atoms with Crippen LogP contribution in [0, 0.1) is 0 Å². The van der Waals surface area contributed by atoms with Gasteiger partial charge < -0.3 is 10.1 Å². The highest BCUT2D eigenvalue weighted by Gasteiger charge is 2.19. The van der Waals surface area contributed by atoms with Crippen molar-refractivity contribution >= 4 is 22.2 Å². The zero-order valence-electron chi connectivity index (χ0n) is 14.7. The largest absolute Gasteiger partial charge is 0.490 e. The summed E-state index contributed by atoms with van der Waals surface area (Å²) >= 11 is 0. The number of hydrogen-bond acceptors (Lipinski definition) is 5. The number of nitrogens with one attached hydrogen (secondary N) is 1. The number of aromatic nitrogens is 1. The van der Waals surface area contributed by atoms with Crippen molar-refractivity contribution in [2.45, 2.75) is 36.8 Å². The average molecular weight is 399 g/mol. The Hall–Kier alpha value is -1.83. The number of hydrogen-bond donors (Lipinski definition) is 1. The summed E-state index contributed by atoms with van der Waals surface area (Å²) in [4.78, 5) is 12.6. The van der Waals surface area contributed by atoms with E-state index in [0.29, 0.717) is 17.5 Å². The summed E-state index contributed by atoms with van der Waals surface area (Å²) in [5.41, 5.74) is 0.394. The van der Waals surface area contributed by atoms with Gasteiger partial charge in [-0.2, -0.15) is 0 Å². The number of benzene rings is 1. The molecule has 0 unspecified atom stereocenters. The molecule has 1 aromatic heterocycles. The number of pyridine rings is 1. The van der Waals surface area contributed by atoms with Crippen molar-refractivity contribution in [1.29, 1.82) is 0 Å². The van der Waals surface area contributed by atoms with E-state index >= 15 is 0 Å². The van der Waals surface area contributed by atoms with Crippen molar-refractivity contribution in [3.8, 4) is 11.4 Å². The van der Waals surface area contributed by atoms with Gasteiger partial charge in [-0.25, -0.2) is 8.42 Å². The van der Waals surface area contributed by atoms with Crippen molar-refractivity contribution in [3.63, 3.8) is 0 Å². The minimum Gasteiger partial charge on any atom is -0.490 e. The first-order valence-corrected chi connectivity index (χ1v) is 10.2. The SMILES string of the molecule is C[C@H]1C[C@@H](Oc2ccn(-c3ccc(S(C)(=O)=O)cc3)c(=O)c2)CCN1.Cl. The van der Waals surface area contributed by atoms with Crippen LogP contribution in [0.1, 0.15) is 19.8 Å². The number of rotatable bonds is 4. The van der Waals surface area contributed by atoms with E-state index < -0.39 is 9.84 Å². The molecule has 3 rings (SSSR count). The van der Waals surface area contributed by atoms with E-state index in [1.807, 2.05) is 0 Å². The van der Waals surface area contributed by atoms with Crippen LogP contribution in [-0.2, 0) is 9.84 Å². The molecule has 0 aliphatic carbocycles. The molecule has 1 N–H and O–H groups in total. The van der Waals surface area contributed by atoms with Gasteiger partial charge in [0.2, 0.25) is 0 Å². The Morgan fingerprint density at radius 3 is 2.46 bits per heavy atom. The Balaban J connectivity index is 0.00000243. The number of nitrogens with zero attached hydrogens (tertiary/aromatic N) is 1. The summed E-state index contributed by atoms with van der Waals surface area (Å²) in [5, 5.41) is 3.37. The van der Waals surface area contributed by atoms with E-state index in [9.17, 15) is 13.2 Å². The number of ether oxygens (including phenoxy) is 1. The van der Waals surface area contributed by atoms with Crippen LogP contribution in [0.4, 0.5) is 0 Å². The Bertz CT molecular complexity index is 910. The van der Waals surface area contributed by atoms with Crippen LogP contribution in [0.3, 0.4) is 0 Å². The van der Waals surface area contributed by atoms with Crippen LogP contribution in [0.2, 0.25) is 0 Å². The molecule has 1 aliphatic rings. The second-order valence-corrected chi connectivity index (χ2v) is 8.47. The Labute approximate surface area is 159 Å². The predicted octanol–water partition coefficient (Wildman–Crippen LogP) is 2.18. The third kappa shape index (κ3) is 4.87. The van der Waals surface area contributed by atoms with Crippen molar-refractivity contribution in [3.05, 3.63) is 52.9 Å². The quantitative estimate of drug-likeness (QED) is 0.854. The first kappa shape index (κ1) is 20.5. The average Bonchev–Trinajstić information content (AvgIpc) is 2.54. The van der Waals surface area contributed by atoms with Gasteiger partial charge in [0.05, 0.1) is 4.90 Å². The van der Waals surface area contributed by atoms with Crippen LogP contribution < -0.4 is 15.6 Å². The fraction of sp³-hybridized carbons (Fsp3) is 0.389. The monoisotopic (exact) mass is 398 g/mol. The second-order valence-electron chi connectivity index (χ2n) is 6.46. The molecule has 142 valence electrons. The zero-order valence-corrected chi connectivity index (χ0v) is 16.3. The van der Waals surface area contributed by atoms with E-state index in [2.05, 4.69) is 12.2 Å². The van der Waals surface area contributed by atoms with E-state index in [-0.39, 0.29) is 29.0 Å². The number of piperidine rings is 1. The van der Waals surface area contributed by atoms with E-state index in [1.165, 1.54) is 22.8 Å². The highest BCUT2D eigenvalue weighted by molar-refractivity contribution is 7.90. The van der Waals surface area contributed by atoms with Crippen molar-refractivity contribution in [1.82, 2.24) is 9.88 Å². The molecule has 0 bridgehead atoms. The first-order valence-electron chi connectivity index (χ1n) is 8.26. The molecule has 1 saturated heterocycles. The maximum atomic E-state index is 12.4. The van der Waals surface area contributed by atoms with Gasteiger partial charge in [0.15, 0.2) is 9.84 Å². The molecule has 2 aromatic rings. The molecular formula is C18H23ClN2O4S. The molecule has 1 aliphatic heterocycles. The normalized spacial score (nSPS) is 20.2. The highest BCUT2D eigenvalue weighted by atomic mass is 35.5. The standard InChI is InChI=1S/C18H22N2O4S.ClH/c1-13-11-15(7-9-19-13)24-16-8-10-20(18(21)12-16)14-3-5-17(6-4-14)25(2,22)23;/h3-6,8,10,12-13,15,19H,7,9,11H2,1-2H3;1H/t13-,15-;/m0./s1. The van der Waals surface area contributed by atoms with Gasteiger partial charge in [0.25, 0.3) is 5.56 Å². The molecule has 0 saturated carbocycles. The lowest BCUT2D eigenvalue weighted by Gasteiger charge is -2.28. The van der Waals surface area contributed by atoms with Gasteiger partial charge in [-0.05, 0) is 56.6 Å². The van der Waals surface area contributed by atoms with E-state index in [4.69, 9.17) is 4.74 Å². The zero-order chi connectivity index (χ0) is 18.0. The second kappa shape index (κ2) is 8.24. The lowest BCUT2D eigenvalue weighted by Crippen LogP contribution is -2.40. The molecule has 0 spiro atoms. The molecular weight excluding hydrogens is 376 g/mol. The minimum atomic E-state index is -3.25. The maximum absolute atomic E-state index is 12.4. The van der Waals surface area contributed by atoms with Crippen LogP contribution in [0.5, 0.6) is 5.75 Å². The van der Waals surface area contributed by atoms with E-state index in [1.54, 1.807) is 24.4 Å². The topological polar surface area (TPSA) is 77.4 Å². The fourth-order valence-electron chi connectivity index (χ4n) is 2.99. The van der Waals surface area contributed by atoms with Crippen LogP contribution in [0.25, 0.3) is 5.69 Å². The molecule has 6 nitrogen and oxygen atoms in total. The molecule has 26 heavy (non-hydrogen) atoms. The smallest absolute Gasteiger partial charge is 0.258 e. The molecule has 2 heterocycles. The molecule has 0 amide bonds. The van der Waals surface area contributed by atoms with Gasteiger partial charge >= 0.3 is 0 Å². The lowest BCUT2D eigenvalue weighted by atomic mass is 10.0. The van der Waals surface area contributed by atoms with Crippen molar-refractivity contribution < 1.29 is 13.2 Å². The summed E-state index contributed by atoms with van der Waals surface area (Å²) in [6.07, 6.45) is 4.75. The third-order valence-corrected chi connectivity index (χ3v) is 5.44. The van der Waals surface area contributed by atoms with Crippen LogP contribution in [-0.4, -0.2) is 37.9 Å². The summed E-state index contributed by atoms with van der Waals surface area (Å²) in [5.74, 6) is 0.563. The van der Waals surface area contributed by atoms with Crippen molar-refractivity contribution in [2.24, 2.45) is 0 Å². The van der Waals surface area contributed by atoms with Gasteiger partial charge in [-0.15, -0.1) is 12.4 Å².